The van der Waals surface area contributed by atoms with E-state index in [2.05, 4.69) is 27.4 Å². The average molecular weight is 365 g/mol. The molecular formula is C16H23N5O3S. The van der Waals surface area contributed by atoms with Gasteiger partial charge in [0, 0.05) is 18.0 Å². The first-order valence-corrected chi connectivity index (χ1v) is 9.11. The molecule has 1 aliphatic rings. The second-order valence-corrected chi connectivity index (χ2v) is 6.33. The molecule has 136 valence electrons. The number of amides is 2. The van der Waals surface area contributed by atoms with Crippen molar-refractivity contribution in [1.82, 2.24) is 25.4 Å². The van der Waals surface area contributed by atoms with Gasteiger partial charge < -0.3 is 19.9 Å². The highest BCUT2D eigenvalue weighted by atomic mass is 32.2. The van der Waals surface area contributed by atoms with E-state index in [0.29, 0.717) is 35.1 Å². The highest BCUT2D eigenvalue weighted by Crippen LogP contribution is 2.24. The Balaban J connectivity index is 2.27. The molecule has 1 atom stereocenters. The molecule has 25 heavy (non-hydrogen) atoms. The van der Waals surface area contributed by atoms with Crippen molar-refractivity contribution in [2.24, 2.45) is 0 Å². The van der Waals surface area contributed by atoms with Gasteiger partial charge in [0.1, 0.15) is 5.82 Å². The largest absolute Gasteiger partial charge is 0.463 e. The first-order valence-electron chi connectivity index (χ1n) is 8.12. The summed E-state index contributed by atoms with van der Waals surface area (Å²) in [6.07, 6.45) is 2.37. The average Bonchev–Trinajstić information content (AvgIpc) is 2.93. The fourth-order valence-electron chi connectivity index (χ4n) is 2.52. The van der Waals surface area contributed by atoms with Gasteiger partial charge in [-0.3, -0.25) is 0 Å². The summed E-state index contributed by atoms with van der Waals surface area (Å²) in [6, 6.07) is -0.685. The zero-order valence-electron chi connectivity index (χ0n) is 14.7. The predicted molar refractivity (Wildman–Crippen MR) is 95.1 cm³/mol. The van der Waals surface area contributed by atoms with Crippen LogP contribution in [-0.2, 0) is 16.1 Å². The van der Waals surface area contributed by atoms with Gasteiger partial charge in [-0.25, -0.2) is 9.59 Å². The number of carbonyl (C=O) groups excluding carboxylic acids is 2. The topological polar surface area (TPSA) is 98.1 Å². The minimum absolute atomic E-state index is 0.278. The standard InChI is InChI=1S/C16H23N5O3S/c1-5-8-21-10(4)19-20-16(21)25-9-12-13(14(22)24-7-3)11(6-2)17-15(23)18-12/h5,11H,1,6-9H2,2-4H3,(H2,17,18,23). The van der Waals surface area contributed by atoms with Crippen LogP contribution in [0.3, 0.4) is 0 Å². The van der Waals surface area contributed by atoms with E-state index >= 15 is 0 Å². The Hall–Kier alpha value is -2.29. The minimum Gasteiger partial charge on any atom is -0.463 e. The lowest BCUT2D eigenvalue weighted by molar-refractivity contribution is -0.139. The van der Waals surface area contributed by atoms with Gasteiger partial charge >= 0.3 is 12.0 Å². The van der Waals surface area contributed by atoms with Crippen molar-refractivity contribution in [3.63, 3.8) is 0 Å². The van der Waals surface area contributed by atoms with Gasteiger partial charge in [-0.05, 0) is 20.3 Å². The summed E-state index contributed by atoms with van der Waals surface area (Å²) in [7, 11) is 0. The Morgan fingerprint density at radius 1 is 1.44 bits per heavy atom. The second kappa shape index (κ2) is 8.70. The van der Waals surface area contributed by atoms with Crippen LogP contribution in [0, 0.1) is 6.92 Å². The number of aromatic nitrogens is 3. The van der Waals surface area contributed by atoms with Gasteiger partial charge in [0.15, 0.2) is 5.16 Å². The molecule has 0 bridgehead atoms. The third kappa shape index (κ3) is 4.41. The van der Waals surface area contributed by atoms with Gasteiger partial charge in [0.25, 0.3) is 0 Å². The van der Waals surface area contributed by atoms with E-state index in [1.54, 1.807) is 13.0 Å². The highest BCUT2D eigenvalue weighted by molar-refractivity contribution is 7.99. The first-order chi connectivity index (χ1) is 12.0. The van der Waals surface area contributed by atoms with Crippen molar-refractivity contribution in [3.8, 4) is 0 Å². The Morgan fingerprint density at radius 2 is 2.20 bits per heavy atom. The number of hydrogen-bond donors (Lipinski definition) is 2. The van der Waals surface area contributed by atoms with Gasteiger partial charge in [-0.2, -0.15) is 0 Å². The molecule has 1 unspecified atom stereocenters. The number of nitrogens with one attached hydrogen (secondary N) is 2. The maximum absolute atomic E-state index is 12.3. The minimum atomic E-state index is -0.416. The number of thioether (sulfide) groups is 1. The number of aryl methyl sites for hydroxylation is 1. The molecular weight excluding hydrogens is 342 g/mol. The summed E-state index contributed by atoms with van der Waals surface area (Å²) >= 11 is 1.40. The Labute approximate surface area is 151 Å². The fourth-order valence-corrected chi connectivity index (χ4v) is 3.48. The number of rotatable bonds is 8. The highest BCUT2D eigenvalue weighted by Gasteiger charge is 2.31. The van der Waals surface area contributed by atoms with Crippen LogP contribution in [0.4, 0.5) is 4.79 Å². The summed E-state index contributed by atoms with van der Waals surface area (Å²) in [6.45, 7) is 10.1. The van der Waals surface area contributed by atoms with Crippen molar-refractivity contribution in [3.05, 3.63) is 29.7 Å². The van der Waals surface area contributed by atoms with E-state index in [1.165, 1.54) is 11.8 Å². The van der Waals surface area contributed by atoms with Crippen molar-refractivity contribution < 1.29 is 14.3 Å². The molecule has 0 aromatic carbocycles. The molecule has 0 aliphatic carbocycles. The Bertz CT molecular complexity index is 698. The van der Waals surface area contributed by atoms with Crippen LogP contribution in [0.25, 0.3) is 0 Å². The van der Waals surface area contributed by atoms with E-state index in [1.807, 2.05) is 18.4 Å². The number of esters is 1. The van der Waals surface area contributed by atoms with E-state index in [9.17, 15) is 9.59 Å². The summed E-state index contributed by atoms with van der Waals surface area (Å²) in [4.78, 5) is 24.2. The maximum Gasteiger partial charge on any atom is 0.337 e. The number of ether oxygens (including phenoxy) is 1. The van der Waals surface area contributed by atoms with Crippen LogP contribution in [0.5, 0.6) is 0 Å². The van der Waals surface area contributed by atoms with E-state index in [0.717, 1.165) is 5.82 Å². The van der Waals surface area contributed by atoms with Gasteiger partial charge in [-0.1, -0.05) is 24.8 Å². The molecule has 0 radical (unpaired) electrons. The number of hydrogen-bond acceptors (Lipinski definition) is 6. The third-order valence-corrected chi connectivity index (χ3v) is 4.70. The lowest BCUT2D eigenvalue weighted by Gasteiger charge is -2.28. The third-order valence-electron chi connectivity index (χ3n) is 3.71. The molecule has 0 saturated carbocycles. The molecule has 2 rings (SSSR count). The monoisotopic (exact) mass is 365 g/mol. The zero-order chi connectivity index (χ0) is 18.4. The number of nitrogens with zero attached hydrogens (tertiary/aromatic N) is 3. The Kier molecular flexibility index (Phi) is 6.63. The molecule has 1 aromatic heterocycles. The van der Waals surface area contributed by atoms with Crippen LogP contribution in [0.1, 0.15) is 26.1 Å². The molecule has 1 aliphatic heterocycles. The normalized spacial score (nSPS) is 17.1. The van der Waals surface area contributed by atoms with Gasteiger partial charge in [0.2, 0.25) is 0 Å². The molecule has 8 nitrogen and oxygen atoms in total. The van der Waals surface area contributed by atoms with Crippen molar-refractivity contribution in [2.75, 3.05) is 12.4 Å². The fraction of sp³-hybridized carbons (Fsp3) is 0.500. The summed E-state index contributed by atoms with van der Waals surface area (Å²) < 4.78 is 7.07. The molecule has 9 heteroatoms. The van der Waals surface area contributed by atoms with Crippen molar-refractivity contribution in [1.29, 1.82) is 0 Å². The maximum atomic E-state index is 12.3. The lowest BCUT2D eigenvalue weighted by Crippen LogP contribution is -2.50. The van der Waals surface area contributed by atoms with Crippen LogP contribution < -0.4 is 10.6 Å². The molecule has 2 N–H and O–H groups in total. The number of urea groups is 1. The molecule has 2 heterocycles. The van der Waals surface area contributed by atoms with Gasteiger partial charge in [0.05, 0.1) is 18.2 Å². The molecule has 1 aromatic rings. The lowest BCUT2D eigenvalue weighted by atomic mass is 10.0. The number of carbonyl (C=O) groups is 2. The quantitative estimate of drug-likeness (QED) is 0.414. The second-order valence-electron chi connectivity index (χ2n) is 5.39. The smallest absolute Gasteiger partial charge is 0.337 e. The van der Waals surface area contributed by atoms with Crippen molar-refractivity contribution in [2.45, 2.75) is 44.9 Å². The van der Waals surface area contributed by atoms with Crippen LogP contribution in [-0.4, -0.2) is 45.2 Å². The number of allylic oxidation sites excluding steroid dienone is 1. The molecule has 0 spiro atoms. The van der Waals surface area contributed by atoms with E-state index < -0.39 is 5.97 Å². The summed E-state index contributed by atoms with van der Waals surface area (Å²) in [5.41, 5.74) is 1.01. The van der Waals surface area contributed by atoms with E-state index in [-0.39, 0.29) is 18.7 Å². The summed E-state index contributed by atoms with van der Waals surface area (Å²) in [5.74, 6) is 0.747. The summed E-state index contributed by atoms with van der Waals surface area (Å²) in [5, 5.41) is 14.4. The Morgan fingerprint density at radius 3 is 2.84 bits per heavy atom. The van der Waals surface area contributed by atoms with Crippen LogP contribution in [0.15, 0.2) is 29.1 Å². The predicted octanol–water partition coefficient (Wildman–Crippen LogP) is 1.77. The van der Waals surface area contributed by atoms with E-state index in [4.69, 9.17) is 4.74 Å². The zero-order valence-corrected chi connectivity index (χ0v) is 15.5. The first kappa shape index (κ1) is 19.0. The van der Waals surface area contributed by atoms with Crippen molar-refractivity contribution >= 4 is 23.8 Å². The SMILES string of the molecule is C=CCn1c(C)nnc1SCC1=C(C(=O)OCC)C(CC)NC(=O)N1. The van der Waals surface area contributed by atoms with Gasteiger partial charge in [-0.15, -0.1) is 16.8 Å². The van der Waals surface area contributed by atoms with Crippen LogP contribution >= 0.6 is 11.8 Å². The molecule has 2 amide bonds. The molecule has 0 fully saturated rings. The van der Waals surface area contributed by atoms with Crippen LogP contribution in [0.2, 0.25) is 0 Å². The molecule has 0 saturated heterocycles.